The second-order valence-corrected chi connectivity index (χ2v) is 6.84. The number of benzene rings is 2. The summed E-state index contributed by atoms with van der Waals surface area (Å²) in [7, 11) is 3.08. The molecule has 32 heavy (non-hydrogen) atoms. The van der Waals surface area contributed by atoms with E-state index in [9.17, 15) is 9.59 Å². The van der Waals surface area contributed by atoms with E-state index in [1.54, 1.807) is 25.4 Å². The van der Waals surface area contributed by atoms with E-state index in [2.05, 4.69) is 20.7 Å². The van der Waals surface area contributed by atoms with Crippen molar-refractivity contribution in [1.82, 2.24) is 24.5 Å². The van der Waals surface area contributed by atoms with Gasteiger partial charge < -0.3 is 20.1 Å². The summed E-state index contributed by atoms with van der Waals surface area (Å²) in [6, 6.07) is 16.6. The zero-order valence-corrected chi connectivity index (χ0v) is 17.6. The Morgan fingerprint density at radius 1 is 1.03 bits per heavy atom. The third-order valence-electron chi connectivity index (χ3n) is 4.75. The molecule has 4 aromatic rings. The molecule has 0 saturated heterocycles. The minimum Gasteiger partial charge on any atom is -0.493 e. The van der Waals surface area contributed by atoms with Crippen LogP contribution < -0.4 is 25.8 Å². The van der Waals surface area contributed by atoms with E-state index in [0.717, 1.165) is 15.9 Å². The lowest BCUT2D eigenvalue weighted by Crippen LogP contribution is -2.32. The maximum Gasteiger partial charge on any atom is 0.352 e. The van der Waals surface area contributed by atoms with Gasteiger partial charge in [0.05, 0.1) is 14.2 Å². The van der Waals surface area contributed by atoms with Gasteiger partial charge in [-0.2, -0.15) is 4.98 Å². The number of rotatable bonds is 8. The van der Waals surface area contributed by atoms with Crippen molar-refractivity contribution in [3.8, 4) is 11.5 Å². The number of fused-ring (bicyclic) bond motifs is 1. The number of hydrogen-bond donors (Lipinski definition) is 2. The Morgan fingerprint density at radius 2 is 1.84 bits per heavy atom. The molecule has 0 saturated carbocycles. The van der Waals surface area contributed by atoms with Gasteiger partial charge in [0.15, 0.2) is 11.5 Å². The topological polar surface area (TPSA) is 112 Å². The fourth-order valence-electron chi connectivity index (χ4n) is 3.23. The van der Waals surface area contributed by atoms with Gasteiger partial charge in [0.1, 0.15) is 12.4 Å². The van der Waals surface area contributed by atoms with Crippen molar-refractivity contribution < 1.29 is 14.3 Å². The minimum absolute atomic E-state index is 0.193. The largest absolute Gasteiger partial charge is 0.493 e. The molecule has 0 unspecified atom stereocenters. The first kappa shape index (κ1) is 20.9. The number of aromatic nitrogens is 4. The van der Waals surface area contributed by atoms with Crippen LogP contribution in [0.4, 0.5) is 11.5 Å². The van der Waals surface area contributed by atoms with Crippen molar-refractivity contribution in [3.63, 3.8) is 0 Å². The molecule has 2 aromatic heterocycles. The number of carbonyl (C=O) groups excluding carboxylic acids is 1. The second-order valence-electron chi connectivity index (χ2n) is 6.84. The quantitative estimate of drug-likeness (QED) is 0.436. The Labute approximate surface area is 183 Å². The van der Waals surface area contributed by atoms with Crippen LogP contribution >= 0.6 is 0 Å². The molecule has 10 nitrogen and oxygen atoms in total. The summed E-state index contributed by atoms with van der Waals surface area (Å²) in [5.41, 5.74) is 1.16. The van der Waals surface area contributed by atoms with Crippen molar-refractivity contribution in [2.45, 2.75) is 13.1 Å². The number of carbonyl (C=O) groups is 1. The van der Waals surface area contributed by atoms with Crippen molar-refractivity contribution in [2.75, 3.05) is 19.5 Å². The molecule has 10 heteroatoms. The van der Waals surface area contributed by atoms with Crippen LogP contribution in [0.1, 0.15) is 5.56 Å². The molecule has 4 rings (SSSR count). The summed E-state index contributed by atoms with van der Waals surface area (Å²) < 4.78 is 13.0. The van der Waals surface area contributed by atoms with E-state index in [4.69, 9.17) is 9.47 Å². The van der Waals surface area contributed by atoms with Gasteiger partial charge in [-0.05, 0) is 24.3 Å². The molecule has 164 valence electrons. The lowest BCUT2D eigenvalue weighted by Gasteiger charge is -2.13. The van der Waals surface area contributed by atoms with Crippen LogP contribution in [0.15, 0.2) is 65.6 Å². The van der Waals surface area contributed by atoms with Crippen molar-refractivity contribution in [2.24, 2.45) is 0 Å². The van der Waals surface area contributed by atoms with Gasteiger partial charge in [0, 0.05) is 24.0 Å². The number of anilines is 2. The summed E-state index contributed by atoms with van der Waals surface area (Å²) >= 11 is 0. The normalized spacial score (nSPS) is 10.7. The first-order chi connectivity index (χ1) is 15.6. The van der Waals surface area contributed by atoms with Crippen molar-refractivity contribution >= 4 is 23.2 Å². The van der Waals surface area contributed by atoms with E-state index in [-0.39, 0.29) is 24.8 Å². The Morgan fingerprint density at radius 3 is 2.59 bits per heavy atom. The summed E-state index contributed by atoms with van der Waals surface area (Å²) in [4.78, 5) is 29.4. The van der Waals surface area contributed by atoms with Gasteiger partial charge in [-0.15, -0.1) is 5.10 Å². The summed E-state index contributed by atoms with van der Waals surface area (Å²) in [6.45, 7) is -0.0271. The number of amides is 1. The van der Waals surface area contributed by atoms with Crippen LogP contribution in [0.25, 0.3) is 5.78 Å². The molecule has 2 aromatic carbocycles. The number of methoxy groups -OCH3 is 2. The highest BCUT2D eigenvalue weighted by Gasteiger charge is 2.14. The maximum absolute atomic E-state index is 12.6. The van der Waals surface area contributed by atoms with Gasteiger partial charge in [-0.3, -0.25) is 4.79 Å². The minimum atomic E-state index is -0.451. The predicted molar refractivity (Wildman–Crippen MR) is 118 cm³/mol. The molecule has 2 heterocycles. The highest BCUT2D eigenvalue weighted by molar-refractivity contribution is 5.75. The number of ether oxygens (including phenoxy) is 2. The van der Waals surface area contributed by atoms with Crippen LogP contribution in [0, 0.1) is 0 Å². The molecule has 0 aliphatic carbocycles. The molecular weight excluding hydrogens is 412 g/mol. The number of nitrogens with zero attached hydrogens (tertiary/aromatic N) is 4. The fraction of sp³-hybridized carbons (Fsp3) is 0.182. The average molecular weight is 434 g/mol. The Balaban J connectivity index is 1.46. The fourth-order valence-corrected chi connectivity index (χ4v) is 3.23. The van der Waals surface area contributed by atoms with E-state index in [1.165, 1.54) is 11.5 Å². The van der Waals surface area contributed by atoms with Crippen LogP contribution in [-0.2, 0) is 17.9 Å². The summed E-state index contributed by atoms with van der Waals surface area (Å²) in [6.07, 6.45) is 1.57. The molecule has 0 fully saturated rings. The third kappa shape index (κ3) is 4.38. The Kier molecular flexibility index (Phi) is 6.02. The van der Waals surface area contributed by atoms with Crippen LogP contribution in [0.3, 0.4) is 0 Å². The zero-order valence-electron chi connectivity index (χ0n) is 17.6. The van der Waals surface area contributed by atoms with Crippen LogP contribution in [0.2, 0.25) is 0 Å². The van der Waals surface area contributed by atoms with E-state index in [0.29, 0.717) is 17.3 Å². The van der Waals surface area contributed by atoms with Gasteiger partial charge in [-0.25, -0.2) is 13.9 Å². The van der Waals surface area contributed by atoms with E-state index < -0.39 is 5.69 Å². The first-order valence-electron chi connectivity index (χ1n) is 9.84. The molecule has 0 aliphatic heterocycles. The van der Waals surface area contributed by atoms with Gasteiger partial charge in [0.25, 0.3) is 5.78 Å². The van der Waals surface area contributed by atoms with Gasteiger partial charge in [-0.1, -0.05) is 30.3 Å². The lowest BCUT2D eigenvalue weighted by molar-refractivity contribution is -0.122. The number of para-hydroxylation sites is 2. The highest BCUT2D eigenvalue weighted by atomic mass is 16.5. The Hall–Kier alpha value is -4.34. The predicted octanol–water partition coefficient (Wildman–Crippen LogP) is 1.97. The zero-order chi connectivity index (χ0) is 22.5. The summed E-state index contributed by atoms with van der Waals surface area (Å²) in [5, 5.41) is 10.1. The molecule has 0 aliphatic rings. The smallest absolute Gasteiger partial charge is 0.352 e. The van der Waals surface area contributed by atoms with Crippen molar-refractivity contribution in [1.29, 1.82) is 0 Å². The Bertz CT molecular complexity index is 1300. The second kappa shape index (κ2) is 9.21. The van der Waals surface area contributed by atoms with Crippen LogP contribution in [-0.4, -0.2) is 39.3 Å². The van der Waals surface area contributed by atoms with E-state index in [1.807, 2.05) is 42.5 Å². The highest BCUT2D eigenvalue weighted by Crippen LogP contribution is 2.30. The number of nitrogens with one attached hydrogen (secondary N) is 2. The van der Waals surface area contributed by atoms with Crippen molar-refractivity contribution in [3.05, 3.63) is 76.8 Å². The standard InChI is InChI=1S/C22H22N6O4/c1-31-17-10-6-7-15(20(17)32-2)13-23-19(29)14-28-22(30)27-12-11-18(25-21(27)26-28)24-16-8-4-3-5-9-16/h3-12H,13-14H2,1-2H3,(H,23,29)(H,24,25,26). The molecule has 0 atom stereocenters. The van der Waals surface area contributed by atoms with Gasteiger partial charge in [0.2, 0.25) is 5.91 Å². The monoisotopic (exact) mass is 434 g/mol. The molecule has 0 spiro atoms. The van der Waals surface area contributed by atoms with E-state index >= 15 is 0 Å². The van der Waals surface area contributed by atoms with Gasteiger partial charge >= 0.3 is 5.69 Å². The maximum atomic E-state index is 12.6. The lowest BCUT2D eigenvalue weighted by atomic mass is 10.2. The average Bonchev–Trinajstić information content (AvgIpc) is 3.12. The third-order valence-corrected chi connectivity index (χ3v) is 4.75. The molecule has 0 bridgehead atoms. The number of hydrogen-bond acceptors (Lipinski definition) is 7. The molecule has 2 N–H and O–H groups in total. The van der Waals surface area contributed by atoms with Crippen LogP contribution in [0.5, 0.6) is 11.5 Å². The molecular formula is C22H22N6O4. The SMILES string of the molecule is COc1cccc(CNC(=O)Cn2nc3nc(Nc4ccccc4)ccn3c2=O)c1OC. The first-order valence-corrected chi connectivity index (χ1v) is 9.84. The molecule has 0 radical (unpaired) electrons. The summed E-state index contributed by atoms with van der Waals surface area (Å²) in [5.74, 6) is 1.47. The molecule has 1 amide bonds.